The molecule has 3 rings (SSSR count). The van der Waals surface area contributed by atoms with Crippen molar-refractivity contribution >= 4 is 11.7 Å². The predicted molar refractivity (Wildman–Crippen MR) is 89.8 cm³/mol. The fourth-order valence-electron chi connectivity index (χ4n) is 2.89. The third-order valence-electron chi connectivity index (χ3n) is 4.14. The van der Waals surface area contributed by atoms with Crippen LogP contribution in [0, 0.1) is 5.82 Å². The molecule has 2 N–H and O–H groups in total. The quantitative estimate of drug-likeness (QED) is 0.906. The molecule has 1 aliphatic rings. The number of amides is 2. The van der Waals surface area contributed by atoms with Gasteiger partial charge in [-0.05, 0) is 38.1 Å². The SMILES string of the molecule is CNC1CCCN1C(=O)Nc1ccc(-n2ccccc2=O)cc1F. The number of anilines is 1. The van der Waals surface area contributed by atoms with E-state index in [9.17, 15) is 14.0 Å². The first-order valence-corrected chi connectivity index (χ1v) is 7.82. The van der Waals surface area contributed by atoms with E-state index in [1.165, 1.54) is 22.8 Å². The highest BCUT2D eigenvalue weighted by Gasteiger charge is 2.27. The van der Waals surface area contributed by atoms with Crippen molar-refractivity contribution in [1.82, 2.24) is 14.8 Å². The number of pyridine rings is 1. The van der Waals surface area contributed by atoms with Crippen molar-refractivity contribution in [2.24, 2.45) is 0 Å². The molecule has 1 aliphatic heterocycles. The number of nitrogens with one attached hydrogen (secondary N) is 2. The summed E-state index contributed by atoms with van der Waals surface area (Å²) in [5, 5.41) is 5.66. The first-order valence-electron chi connectivity index (χ1n) is 7.82. The summed E-state index contributed by atoms with van der Waals surface area (Å²) in [5.74, 6) is -0.586. The first-order chi connectivity index (χ1) is 11.6. The van der Waals surface area contributed by atoms with E-state index in [1.807, 2.05) is 0 Å². The van der Waals surface area contributed by atoms with Crippen molar-refractivity contribution in [2.45, 2.75) is 19.0 Å². The van der Waals surface area contributed by atoms with Crippen LogP contribution in [0.25, 0.3) is 5.69 Å². The number of rotatable bonds is 3. The third kappa shape index (κ3) is 3.16. The van der Waals surface area contributed by atoms with Gasteiger partial charge in [-0.1, -0.05) is 6.07 Å². The zero-order chi connectivity index (χ0) is 17.1. The normalized spacial score (nSPS) is 17.1. The van der Waals surface area contributed by atoms with Crippen LogP contribution in [0.2, 0.25) is 0 Å². The molecule has 0 radical (unpaired) electrons. The summed E-state index contributed by atoms with van der Waals surface area (Å²) >= 11 is 0. The molecule has 7 heteroatoms. The number of hydrogen-bond acceptors (Lipinski definition) is 3. The molecule has 0 spiro atoms. The summed E-state index contributed by atoms with van der Waals surface area (Å²) in [6, 6.07) is 8.68. The van der Waals surface area contributed by atoms with Crippen molar-refractivity contribution < 1.29 is 9.18 Å². The van der Waals surface area contributed by atoms with Gasteiger partial charge in [0.25, 0.3) is 5.56 Å². The van der Waals surface area contributed by atoms with Gasteiger partial charge in [-0.15, -0.1) is 0 Å². The number of nitrogens with zero attached hydrogens (tertiary/aromatic N) is 2. The van der Waals surface area contributed by atoms with E-state index in [1.54, 1.807) is 36.3 Å². The highest BCUT2D eigenvalue weighted by molar-refractivity contribution is 5.90. The summed E-state index contributed by atoms with van der Waals surface area (Å²) in [6.45, 7) is 0.635. The summed E-state index contributed by atoms with van der Waals surface area (Å²) < 4.78 is 15.7. The summed E-state index contributed by atoms with van der Waals surface area (Å²) in [6.07, 6.45) is 3.33. The first kappa shape index (κ1) is 16.2. The molecule has 1 saturated heterocycles. The molecule has 6 nitrogen and oxygen atoms in total. The van der Waals surface area contributed by atoms with E-state index in [-0.39, 0.29) is 23.4 Å². The largest absolute Gasteiger partial charge is 0.323 e. The van der Waals surface area contributed by atoms with E-state index in [0.29, 0.717) is 12.2 Å². The van der Waals surface area contributed by atoms with Crippen LogP contribution in [0.4, 0.5) is 14.9 Å². The number of benzene rings is 1. The van der Waals surface area contributed by atoms with Crippen molar-refractivity contribution in [3.8, 4) is 5.69 Å². The highest BCUT2D eigenvalue weighted by Crippen LogP contribution is 2.20. The van der Waals surface area contributed by atoms with E-state index in [4.69, 9.17) is 0 Å². The zero-order valence-electron chi connectivity index (χ0n) is 13.3. The fourth-order valence-corrected chi connectivity index (χ4v) is 2.89. The molecule has 1 atom stereocenters. The Labute approximate surface area is 138 Å². The van der Waals surface area contributed by atoms with Crippen LogP contribution in [0.1, 0.15) is 12.8 Å². The molecular weight excluding hydrogens is 311 g/mol. The van der Waals surface area contributed by atoms with E-state index >= 15 is 0 Å². The van der Waals surface area contributed by atoms with Crippen LogP contribution in [-0.2, 0) is 0 Å². The molecule has 1 aromatic heterocycles. The monoisotopic (exact) mass is 330 g/mol. The van der Waals surface area contributed by atoms with Gasteiger partial charge in [0, 0.05) is 24.9 Å². The maximum atomic E-state index is 14.3. The standard InChI is InChI=1S/C17H19FN4O2/c1-19-15-5-4-10-22(15)17(24)20-14-8-7-12(11-13(14)18)21-9-3-2-6-16(21)23/h2-3,6-9,11,15,19H,4-5,10H2,1H3,(H,20,24). The number of halogens is 1. The number of hydrogen-bond donors (Lipinski definition) is 2. The van der Waals surface area contributed by atoms with Gasteiger partial charge in [-0.3, -0.25) is 9.36 Å². The minimum absolute atomic E-state index is 0.0322. The molecule has 1 aromatic carbocycles. The highest BCUT2D eigenvalue weighted by atomic mass is 19.1. The van der Waals surface area contributed by atoms with Crippen LogP contribution in [0.3, 0.4) is 0 Å². The van der Waals surface area contributed by atoms with Gasteiger partial charge in [0.05, 0.1) is 17.5 Å². The molecule has 0 saturated carbocycles. The van der Waals surface area contributed by atoms with Crippen LogP contribution in [0.15, 0.2) is 47.4 Å². The number of carbonyl (C=O) groups is 1. The molecule has 1 unspecified atom stereocenters. The van der Waals surface area contributed by atoms with E-state index < -0.39 is 5.82 Å². The number of likely N-dealkylation sites (tertiary alicyclic amines) is 1. The van der Waals surface area contributed by atoms with Gasteiger partial charge in [-0.2, -0.15) is 0 Å². The van der Waals surface area contributed by atoms with E-state index in [0.717, 1.165) is 12.8 Å². The topological polar surface area (TPSA) is 66.4 Å². The van der Waals surface area contributed by atoms with Gasteiger partial charge in [0.1, 0.15) is 5.82 Å². The minimum Gasteiger partial charge on any atom is -0.309 e. The average molecular weight is 330 g/mol. The van der Waals surface area contributed by atoms with Gasteiger partial charge in [-0.25, -0.2) is 9.18 Å². The zero-order valence-corrected chi connectivity index (χ0v) is 13.3. The second-order valence-corrected chi connectivity index (χ2v) is 5.64. The van der Waals surface area contributed by atoms with Crippen molar-refractivity contribution in [2.75, 3.05) is 18.9 Å². The van der Waals surface area contributed by atoms with Crippen LogP contribution >= 0.6 is 0 Å². The minimum atomic E-state index is -0.586. The van der Waals surface area contributed by atoms with E-state index in [2.05, 4.69) is 10.6 Å². The Hall–Kier alpha value is -2.67. The molecule has 2 heterocycles. The van der Waals surface area contributed by atoms with Crippen molar-refractivity contribution in [1.29, 1.82) is 0 Å². The fraction of sp³-hybridized carbons (Fsp3) is 0.294. The number of aromatic nitrogens is 1. The average Bonchev–Trinajstić information content (AvgIpc) is 3.06. The van der Waals surface area contributed by atoms with Gasteiger partial charge in [0.2, 0.25) is 0 Å². The Bertz CT molecular complexity index is 805. The lowest BCUT2D eigenvalue weighted by molar-refractivity contribution is 0.199. The summed E-state index contributed by atoms with van der Waals surface area (Å²) in [5.41, 5.74) is 0.252. The lowest BCUT2D eigenvalue weighted by Gasteiger charge is -2.24. The van der Waals surface area contributed by atoms with Crippen molar-refractivity contribution in [3.63, 3.8) is 0 Å². The Morgan fingerprint density at radius 2 is 2.12 bits per heavy atom. The number of carbonyl (C=O) groups excluding carboxylic acids is 1. The smallest absolute Gasteiger partial charge is 0.309 e. The van der Waals surface area contributed by atoms with Gasteiger partial charge in [0.15, 0.2) is 0 Å². The Balaban J connectivity index is 1.79. The molecular formula is C17H19FN4O2. The van der Waals surface area contributed by atoms with Crippen molar-refractivity contribution in [3.05, 3.63) is 58.8 Å². The molecule has 126 valence electrons. The van der Waals surface area contributed by atoms with Crippen LogP contribution < -0.4 is 16.2 Å². The second-order valence-electron chi connectivity index (χ2n) is 5.64. The molecule has 2 amide bonds. The molecule has 24 heavy (non-hydrogen) atoms. The predicted octanol–water partition coefficient (Wildman–Crippen LogP) is 2.15. The Morgan fingerprint density at radius 1 is 1.29 bits per heavy atom. The lowest BCUT2D eigenvalue weighted by atomic mass is 10.2. The summed E-state index contributed by atoms with van der Waals surface area (Å²) in [4.78, 5) is 25.7. The second kappa shape index (κ2) is 6.84. The molecule has 0 bridgehead atoms. The van der Waals surface area contributed by atoms with Gasteiger partial charge < -0.3 is 15.5 Å². The summed E-state index contributed by atoms with van der Waals surface area (Å²) in [7, 11) is 1.79. The maximum Gasteiger partial charge on any atom is 0.323 e. The lowest BCUT2D eigenvalue weighted by Crippen LogP contribution is -2.45. The third-order valence-corrected chi connectivity index (χ3v) is 4.14. The van der Waals surface area contributed by atoms with Gasteiger partial charge >= 0.3 is 6.03 Å². The molecule has 2 aromatic rings. The van der Waals surface area contributed by atoms with Crippen LogP contribution in [0.5, 0.6) is 0 Å². The Morgan fingerprint density at radius 3 is 2.83 bits per heavy atom. The molecule has 1 fully saturated rings. The molecule has 0 aliphatic carbocycles. The number of urea groups is 1. The van der Waals surface area contributed by atoms with Crippen LogP contribution in [-0.4, -0.2) is 35.3 Å². The maximum absolute atomic E-state index is 14.3. The Kier molecular flexibility index (Phi) is 4.61.